The maximum atomic E-state index is 6.10. The number of hydrogen-bond acceptors (Lipinski definition) is 2. The van der Waals surface area contributed by atoms with Crippen molar-refractivity contribution in [1.82, 2.24) is 5.32 Å². The molecule has 1 heterocycles. The third-order valence-corrected chi connectivity index (χ3v) is 5.07. The zero-order chi connectivity index (χ0) is 17.1. The summed E-state index contributed by atoms with van der Waals surface area (Å²) in [5.74, 6) is 0.649. The monoisotopic (exact) mass is 362 g/mol. The molecule has 0 aromatic heterocycles. The fraction of sp³-hybridized carbons (Fsp3) is 0.400. The molecule has 1 fully saturated rings. The molecular weight excluding hydrogens is 339 g/mol. The molecule has 0 aliphatic carbocycles. The highest BCUT2D eigenvalue weighted by atomic mass is 35.5. The predicted octanol–water partition coefficient (Wildman–Crippen LogP) is 5.56. The molecule has 1 saturated heterocycles. The molecular formula is C20H24Cl2N2. The first-order valence-electron chi connectivity index (χ1n) is 8.54. The SMILES string of the molecule is CC(C)C[C@H]1CNC[C@@H](c2ccc(Cl)cc2)N1c1ccc(Cl)cc1. The molecule has 1 aliphatic rings. The van der Waals surface area contributed by atoms with Crippen LogP contribution < -0.4 is 10.2 Å². The standard InChI is InChI=1S/C20H24Cl2N2/c1-14(2)11-19-12-23-13-20(15-3-5-16(21)6-4-15)24(19)18-9-7-17(22)8-10-18/h3-10,14,19-20,23H,11-13H2,1-2H3/t19-,20-/m0/s1. The van der Waals surface area contributed by atoms with Gasteiger partial charge in [0.1, 0.15) is 0 Å². The van der Waals surface area contributed by atoms with Crippen LogP contribution >= 0.6 is 23.2 Å². The van der Waals surface area contributed by atoms with Crippen LogP contribution in [0.1, 0.15) is 31.9 Å². The molecule has 0 amide bonds. The molecule has 3 rings (SSSR count). The number of benzene rings is 2. The first-order chi connectivity index (χ1) is 11.5. The second-order valence-corrected chi connectivity index (χ2v) is 7.77. The molecule has 1 aliphatic heterocycles. The van der Waals surface area contributed by atoms with E-state index in [1.165, 1.54) is 11.3 Å². The van der Waals surface area contributed by atoms with E-state index < -0.39 is 0 Å². The number of hydrogen-bond donors (Lipinski definition) is 1. The maximum absolute atomic E-state index is 6.10. The Bertz CT molecular complexity index is 652. The van der Waals surface area contributed by atoms with Gasteiger partial charge in [0, 0.05) is 34.9 Å². The average Bonchev–Trinajstić information content (AvgIpc) is 2.56. The van der Waals surface area contributed by atoms with Crippen LogP contribution in [-0.4, -0.2) is 19.1 Å². The van der Waals surface area contributed by atoms with Crippen LogP contribution in [-0.2, 0) is 0 Å². The fourth-order valence-corrected chi connectivity index (χ4v) is 3.80. The normalized spacial score (nSPS) is 21.3. The van der Waals surface area contributed by atoms with Gasteiger partial charge >= 0.3 is 0 Å². The minimum absolute atomic E-state index is 0.293. The summed E-state index contributed by atoms with van der Waals surface area (Å²) in [5.41, 5.74) is 2.52. The molecule has 0 unspecified atom stereocenters. The first kappa shape index (κ1) is 17.6. The average molecular weight is 363 g/mol. The predicted molar refractivity (Wildman–Crippen MR) is 104 cm³/mol. The van der Waals surface area contributed by atoms with Gasteiger partial charge in [-0.25, -0.2) is 0 Å². The van der Waals surface area contributed by atoms with Crippen LogP contribution in [0.15, 0.2) is 48.5 Å². The Balaban J connectivity index is 1.97. The number of rotatable bonds is 4. The highest BCUT2D eigenvalue weighted by molar-refractivity contribution is 6.30. The highest BCUT2D eigenvalue weighted by Gasteiger charge is 2.31. The van der Waals surface area contributed by atoms with Crippen molar-refractivity contribution in [2.24, 2.45) is 5.92 Å². The largest absolute Gasteiger partial charge is 0.359 e. The van der Waals surface area contributed by atoms with Crippen LogP contribution in [0.25, 0.3) is 0 Å². The van der Waals surface area contributed by atoms with E-state index in [1.807, 2.05) is 24.3 Å². The summed E-state index contributed by atoms with van der Waals surface area (Å²) < 4.78 is 0. The molecule has 128 valence electrons. The molecule has 0 spiro atoms. The minimum atomic E-state index is 0.293. The number of piperazine rings is 1. The van der Waals surface area contributed by atoms with E-state index in [4.69, 9.17) is 23.2 Å². The Kier molecular flexibility index (Phi) is 5.70. The van der Waals surface area contributed by atoms with E-state index in [-0.39, 0.29) is 0 Å². The van der Waals surface area contributed by atoms with Crippen LogP contribution in [0.2, 0.25) is 10.0 Å². The summed E-state index contributed by atoms with van der Waals surface area (Å²) in [4.78, 5) is 2.55. The maximum Gasteiger partial charge on any atom is 0.0670 e. The summed E-state index contributed by atoms with van der Waals surface area (Å²) in [7, 11) is 0. The van der Waals surface area contributed by atoms with Gasteiger partial charge in [-0.2, -0.15) is 0 Å². The molecule has 24 heavy (non-hydrogen) atoms. The molecule has 0 saturated carbocycles. The number of anilines is 1. The van der Waals surface area contributed by atoms with Gasteiger partial charge in [0.25, 0.3) is 0 Å². The number of nitrogens with one attached hydrogen (secondary N) is 1. The van der Waals surface area contributed by atoms with Gasteiger partial charge in [-0.1, -0.05) is 49.2 Å². The highest BCUT2D eigenvalue weighted by Crippen LogP contribution is 2.34. The van der Waals surface area contributed by atoms with Crippen molar-refractivity contribution in [3.63, 3.8) is 0 Å². The fourth-order valence-electron chi connectivity index (χ4n) is 3.55. The van der Waals surface area contributed by atoms with Gasteiger partial charge in [0.15, 0.2) is 0 Å². The third kappa shape index (κ3) is 4.05. The minimum Gasteiger partial charge on any atom is -0.359 e. The van der Waals surface area contributed by atoms with Crippen molar-refractivity contribution in [1.29, 1.82) is 0 Å². The Hall–Kier alpha value is -1.22. The lowest BCUT2D eigenvalue weighted by atomic mass is 9.94. The zero-order valence-corrected chi connectivity index (χ0v) is 15.7. The van der Waals surface area contributed by atoms with Crippen molar-refractivity contribution in [3.05, 3.63) is 64.1 Å². The molecule has 2 nitrogen and oxygen atoms in total. The molecule has 0 radical (unpaired) electrons. The van der Waals surface area contributed by atoms with E-state index in [2.05, 4.69) is 48.3 Å². The number of halogens is 2. The van der Waals surface area contributed by atoms with E-state index in [1.54, 1.807) is 0 Å². The molecule has 0 bridgehead atoms. The summed E-state index contributed by atoms with van der Waals surface area (Å²) in [6.45, 7) is 6.50. The van der Waals surface area contributed by atoms with Crippen molar-refractivity contribution in [2.75, 3.05) is 18.0 Å². The van der Waals surface area contributed by atoms with E-state index in [9.17, 15) is 0 Å². The molecule has 1 N–H and O–H groups in total. The number of nitrogens with zero attached hydrogens (tertiary/aromatic N) is 1. The third-order valence-electron chi connectivity index (χ3n) is 4.57. The smallest absolute Gasteiger partial charge is 0.0670 e. The molecule has 4 heteroatoms. The summed E-state index contributed by atoms with van der Waals surface area (Å²) in [5, 5.41) is 5.17. The second-order valence-electron chi connectivity index (χ2n) is 6.89. The van der Waals surface area contributed by atoms with Crippen LogP contribution in [0.3, 0.4) is 0 Å². The van der Waals surface area contributed by atoms with Crippen LogP contribution in [0.4, 0.5) is 5.69 Å². The zero-order valence-electron chi connectivity index (χ0n) is 14.2. The van der Waals surface area contributed by atoms with E-state index >= 15 is 0 Å². The Morgan fingerprint density at radius 2 is 1.54 bits per heavy atom. The lowest BCUT2D eigenvalue weighted by molar-refractivity contribution is 0.359. The lowest BCUT2D eigenvalue weighted by Crippen LogP contribution is -2.53. The summed E-state index contributed by atoms with van der Waals surface area (Å²) >= 11 is 12.2. The van der Waals surface area contributed by atoms with Crippen LogP contribution in [0.5, 0.6) is 0 Å². The lowest BCUT2D eigenvalue weighted by Gasteiger charge is -2.45. The molecule has 2 aromatic carbocycles. The first-order valence-corrected chi connectivity index (χ1v) is 9.30. The van der Waals surface area contributed by atoms with Crippen molar-refractivity contribution in [3.8, 4) is 0 Å². The topological polar surface area (TPSA) is 15.3 Å². The van der Waals surface area contributed by atoms with E-state index in [0.717, 1.165) is 29.6 Å². The summed E-state index contributed by atoms with van der Waals surface area (Å²) in [6.07, 6.45) is 1.15. The molecule has 2 atom stereocenters. The van der Waals surface area contributed by atoms with Crippen molar-refractivity contribution < 1.29 is 0 Å². The van der Waals surface area contributed by atoms with Crippen LogP contribution in [0, 0.1) is 5.92 Å². The Labute approximate surface area is 154 Å². The Morgan fingerprint density at radius 3 is 2.12 bits per heavy atom. The van der Waals surface area contributed by atoms with Gasteiger partial charge in [0.2, 0.25) is 0 Å². The second kappa shape index (κ2) is 7.77. The molecule has 2 aromatic rings. The Morgan fingerprint density at radius 1 is 0.958 bits per heavy atom. The van der Waals surface area contributed by atoms with Gasteiger partial charge in [-0.15, -0.1) is 0 Å². The summed E-state index contributed by atoms with van der Waals surface area (Å²) in [6, 6.07) is 17.2. The van der Waals surface area contributed by atoms with Gasteiger partial charge in [0.05, 0.1) is 6.04 Å². The van der Waals surface area contributed by atoms with Crippen molar-refractivity contribution >= 4 is 28.9 Å². The quantitative estimate of drug-likeness (QED) is 0.765. The van der Waals surface area contributed by atoms with Crippen molar-refractivity contribution in [2.45, 2.75) is 32.4 Å². The van der Waals surface area contributed by atoms with Gasteiger partial charge in [-0.05, 0) is 54.3 Å². The van der Waals surface area contributed by atoms with Gasteiger partial charge < -0.3 is 10.2 Å². The van der Waals surface area contributed by atoms with E-state index in [0.29, 0.717) is 18.0 Å². The van der Waals surface area contributed by atoms with Gasteiger partial charge in [-0.3, -0.25) is 0 Å².